The molecule has 0 radical (unpaired) electrons. The van der Waals surface area contributed by atoms with Gasteiger partial charge < -0.3 is 5.32 Å². The maximum atomic E-state index is 12.0. The molecule has 0 fully saturated rings. The second kappa shape index (κ2) is 6.45. The minimum atomic E-state index is 0.0118. The topological polar surface area (TPSA) is 72.2 Å². The molecule has 1 amide bonds. The minimum Gasteiger partial charge on any atom is -0.356 e. The minimum absolute atomic E-state index is 0.0118. The number of hydrogen-bond donors (Lipinski definition) is 1. The monoisotopic (exact) mass is 329 g/mol. The standard InChI is InChI=1S/C16H19N5OS/c1-4-7-17-14(22)9-12-10(2)18-16-19-15(13-6-5-8-23-13)20-21(16)11(12)3/h5-6,8H,4,7,9H2,1-3H3,(H,17,22). The van der Waals surface area contributed by atoms with E-state index in [4.69, 9.17) is 0 Å². The van der Waals surface area contributed by atoms with E-state index in [-0.39, 0.29) is 5.91 Å². The fraction of sp³-hybridized carbons (Fsp3) is 0.375. The van der Waals surface area contributed by atoms with Crippen molar-refractivity contribution in [2.24, 2.45) is 0 Å². The van der Waals surface area contributed by atoms with E-state index in [2.05, 4.69) is 20.4 Å². The van der Waals surface area contributed by atoms with Crippen LogP contribution in [0.3, 0.4) is 0 Å². The predicted molar refractivity (Wildman–Crippen MR) is 90.6 cm³/mol. The zero-order valence-corrected chi connectivity index (χ0v) is 14.3. The van der Waals surface area contributed by atoms with E-state index < -0.39 is 0 Å². The van der Waals surface area contributed by atoms with Crippen molar-refractivity contribution in [3.05, 3.63) is 34.5 Å². The van der Waals surface area contributed by atoms with Crippen molar-refractivity contribution >= 4 is 23.0 Å². The third-order valence-corrected chi connectivity index (χ3v) is 4.57. The maximum Gasteiger partial charge on any atom is 0.253 e. The van der Waals surface area contributed by atoms with Gasteiger partial charge in [-0.25, -0.2) is 9.50 Å². The lowest BCUT2D eigenvalue weighted by molar-refractivity contribution is -0.120. The second-order valence-electron chi connectivity index (χ2n) is 5.41. The zero-order valence-electron chi connectivity index (χ0n) is 13.5. The summed E-state index contributed by atoms with van der Waals surface area (Å²) in [4.78, 5) is 22.0. The van der Waals surface area contributed by atoms with E-state index >= 15 is 0 Å². The molecule has 3 heterocycles. The van der Waals surface area contributed by atoms with Crippen LogP contribution in [0.5, 0.6) is 0 Å². The number of nitrogens with zero attached hydrogens (tertiary/aromatic N) is 4. The highest BCUT2D eigenvalue weighted by Crippen LogP contribution is 2.23. The van der Waals surface area contributed by atoms with Crippen molar-refractivity contribution in [2.45, 2.75) is 33.6 Å². The van der Waals surface area contributed by atoms with Gasteiger partial charge in [-0.1, -0.05) is 13.0 Å². The highest BCUT2D eigenvalue weighted by Gasteiger charge is 2.16. The SMILES string of the molecule is CCCNC(=O)Cc1c(C)nc2nc(-c3cccs3)nn2c1C. The molecule has 0 aliphatic heterocycles. The summed E-state index contributed by atoms with van der Waals surface area (Å²) in [5.41, 5.74) is 2.65. The van der Waals surface area contributed by atoms with Gasteiger partial charge in [-0.2, -0.15) is 4.98 Å². The Morgan fingerprint density at radius 1 is 1.35 bits per heavy atom. The Morgan fingerprint density at radius 2 is 2.17 bits per heavy atom. The number of fused-ring (bicyclic) bond motifs is 1. The molecule has 0 unspecified atom stereocenters. The number of thiophene rings is 1. The van der Waals surface area contributed by atoms with Crippen LogP contribution in [0.25, 0.3) is 16.5 Å². The molecule has 0 saturated heterocycles. The summed E-state index contributed by atoms with van der Waals surface area (Å²) in [6.45, 7) is 6.59. The molecule has 120 valence electrons. The van der Waals surface area contributed by atoms with Crippen LogP contribution in [0.15, 0.2) is 17.5 Å². The van der Waals surface area contributed by atoms with Gasteiger partial charge in [0.1, 0.15) is 0 Å². The summed E-state index contributed by atoms with van der Waals surface area (Å²) >= 11 is 1.60. The summed E-state index contributed by atoms with van der Waals surface area (Å²) in [5.74, 6) is 1.25. The van der Waals surface area contributed by atoms with Crippen molar-refractivity contribution in [1.82, 2.24) is 24.9 Å². The molecule has 3 rings (SSSR count). The van der Waals surface area contributed by atoms with Gasteiger partial charge in [0.25, 0.3) is 5.78 Å². The number of aryl methyl sites for hydroxylation is 2. The molecular formula is C16H19N5OS. The fourth-order valence-electron chi connectivity index (χ4n) is 2.46. The molecule has 7 heteroatoms. The highest BCUT2D eigenvalue weighted by molar-refractivity contribution is 7.13. The highest BCUT2D eigenvalue weighted by atomic mass is 32.1. The Bertz CT molecular complexity index is 838. The lowest BCUT2D eigenvalue weighted by Gasteiger charge is -2.10. The smallest absolute Gasteiger partial charge is 0.253 e. The lowest BCUT2D eigenvalue weighted by Crippen LogP contribution is -2.26. The van der Waals surface area contributed by atoms with Crippen molar-refractivity contribution in [2.75, 3.05) is 6.54 Å². The van der Waals surface area contributed by atoms with Gasteiger partial charge in [0.2, 0.25) is 5.91 Å². The first kappa shape index (κ1) is 15.6. The van der Waals surface area contributed by atoms with E-state index in [1.54, 1.807) is 15.9 Å². The summed E-state index contributed by atoms with van der Waals surface area (Å²) < 4.78 is 1.73. The summed E-state index contributed by atoms with van der Waals surface area (Å²) in [6.07, 6.45) is 1.24. The fourth-order valence-corrected chi connectivity index (χ4v) is 3.11. The molecule has 0 aliphatic carbocycles. The molecule has 0 spiro atoms. The molecule has 0 aliphatic rings. The quantitative estimate of drug-likeness (QED) is 0.781. The zero-order chi connectivity index (χ0) is 16.4. The Morgan fingerprint density at radius 3 is 2.87 bits per heavy atom. The van der Waals surface area contributed by atoms with Crippen LogP contribution in [0.4, 0.5) is 0 Å². The van der Waals surface area contributed by atoms with Crippen molar-refractivity contribution < 1.29 is 4.79 Å². The Labute approximate surface area is 138 Å². The summed E-state index contributed by atoms with van der Waals surface area (Å²) in [5, 5.41) is 9.44. The molecule has 0 saturated carbocycles. The van der Waals surface area contributed by atoms with Crippen LogP contribution in [0, 0.1) is 13.8 Å². The van der Waals surface area contributed by atoms with Crippen LogP contribution in [0.2, 0.25) is 0 Å². The van der Waals surface area contributed by atoms with Gasteiger partial charge in [0.15, 0.2) is 5.82 Å². The number of aromatic nitrogens is 4. The van der Waals surface area contributed by atoms with Gasteiger partial charge >= 0.3 is 0 Å². The number of carbonyl (C=O) groups excluding carboxylic acids is 1. The van der Waals surface area contributed by atoms with E-state index in [1.165, 1.54) is 0 Å². The molecule has 0 aromatic carbocycles. The number of amides is 1. The van der Waals surface area contributed by atoms with Crippen LogP contribution in [-0.4, -0.2) is 32.0 Å². The van der Waals surface area contributed by atoms with Crippen LogP contribution < -0.4 is 5.32 Å². The first-order valence-electron chi connectivity index (χ1n) is 7.63. The molecule has 0 atom stereocenters. The van der Waals surface area contributed by atoms with E-state index in [0.717, 1.165) is 28.2 Å². The average Bonchev–Trinajstić information content (AvgIpc) is 3.18. The van der Waals surface area contributed by atoms with Crippen molar-refractivity contribution in [3.63, 3.8) is 0 Å². The molecule has 3 aromatic rings. The third kappa shape index (κ3) is 3.10. The van der Waals surface area contributed by atoms with Gasteiger partial charge in [-0.15, -0.1) is 16.4 Å². The first-order valence-corrected chi connectivity index (χ1v) is 8.51. The van der Waals surface area contributed by atoms with E-state index in [0.29, 0.717) is 24.6 Å². The maximum absolute atomic E-state index is 12.0. The predicted octanol–water partition coefficient (Wildman–Crippen LogP) is 2.54. The molecule has 6 nitrogen and oxygen atoms in total. The Hall–Kier alpha value is -2.28. The largest absolute Gasteiger partial charge is 0.356 e. The Balaban J connectivity index is 1.98. The number of rotatable bonds is 5. The van der Waals surface area contributed by atoms with Crippen molar-refractivity contribution in [1.29, 1.82) is 0 Å². The lowest BCUT2D eigenvalue weighted by atomic mass is 10.1. The van der Waals surface area contributed by atoms with E-state index in [1.807, 2.05) is 38.3 Å². The number of nitrogens with one attached hydrogen (secondary N) is 1. The molecule has 1 N–H and O–H groups in total. The number of hydrogen-bond acceptors (Lipinski definition) is 5. The molecule has 0 bridgehead atoms. The van der Waals surface area contributed by atoms with Crippen LogP contribution in [0.1, 0.15) is 30.3 Å². The summed E-state index contributed by atoms with van der Waals surface area (Å²) in [7, 11) is 0. The van der Waals surface area contributed by atoms with Gasteiger partial charge in [-0.05, 0) is 31.7 Å². The third-order valence-electron chi connectivity index (χ3n) is 3.70. The number of carbonyl (C=O) groups is 1. The van der Waals surface area contributed by atoms with Gasteiger partial charge in [-0.3, -0.25) is 4.79 Å². The summed E-state index contributed by atoms with van der Waals surface area (Å²) in [6, 6.07) is 3.96. The van der Waals surface area contributed by atoms with Gasteiger partial charge in [0.05, 0.1) is 11.3 Å². The second-order valence-corrected chi connectivity index (χ2v) is 6.36. The normalized spacial score (nSPS) is 11.1. The van der Waals surface area contributed by atoms with Crippen molar-refractivity contribution in [3.8, 4) is 10.7 Å². The molecular weight excluding hydrogens is 310 g/mol. The molecule has 23 heavy (non-hydrogen) atoms. The molecule has 3 aromatic heterocycles. The average molecular weight is 329 g/mol. The van der Waals surface area contributed by atoms with Crippen LogP contribution >= 0.6 is 11.3 Å². The van der Waals surface area contributed by atoms with E-state index in [9.17, 15) is 4.79 Å². The van der Waals surface area contributed by atoms with Gasteiger partial charge in [0, 0.05) is 23.5 Å². The Kier molecular flexibility index (Phi) is 4.38. The first-order chi connectivity index (χ1) is 11.1. The van der Waals surface area contributed by atoms with Crippen LogP contribution in [-0.2, 0) is 11.2 Å².